The second-order valence-electron chi connectivity index (χ2n) is 7.81. The predicted molar refractivity (Wildman–Crippen MR) is 97.1 cm³/mol. The van der Waals surface area contributed by atoms with Gasteiger partial charge in [-0.2, -0.15) is 0 Å². The van der Waals surface area contributed by atoms with E-state index in [2.05, 4.69) is 25.8 Å². The lowest BCUT2D eigenvalue weighted by Gasteiger charge is -2.21. The monoisotopic (exact) mass is 355 g/mol. The predicted octanol–water partition coefficient (Wildman–Crippen LogP) is 2.73. The molecule has 0 saturated carbocycles. The van der Waals surface area contributed by atoms with Crippen LogP contribution < -0.4 is 0 Å². The molecule has 0 N–H and O–H groups in total. The number of aromatic nitrogens is 1. The Morgan fingerprint density at radius 2 is 1.92 bits per heavy atom. The average Bonchev–Trinajstić information content (AvgIpc) is 3.16. The number of imide groups is 1. The molecule has 6 heteroatoms. The molecule has 2 aromatic rings. The number of carbonyl (C=O) groups is 2. The molecule has 0 bridgehead atoms. The Balaban J connectivity index is 1.66. The molecule has 1 fully saturated rings. The quantitative estimate of drug-likeness (QED) is 0.772. The maximum Gasteiger partial charge on any atom is 0.247 e. The number of oxazole rings is 1. The van der Waals surface area contributed by atoms with E-state index in [-0.39, 0.29) is 23.7 Å². The molecule has 1 atom stereocenters. The highest BCUT2D eigenvalue weighted by Gasteiger charge is 2.41. The number of nitrogens with zero attached hydrogens (tertiary/aromatic N) is 3. The number of hydrogen-bond acceptors (Lipinski definition) is 5. The van der Waals surface area contributed by atoms with Gasteiger partial charge in [-0.25, -0.2) is 4.98 Å². The van der Waals surface area contributed by atoms with Crippen LogP contribution in [-0.4, -0.2) is 39.7 Å². The largest absolute Gasteiger partial charge is 0.444 e. The molecule has 138 valence electrons. The highest BCUT2D eigenvalue weighted by Crippen LogP contribution is 2.25. The molecular formula is C20H25N3O3. The van der Waals surface area contributed by atoms with Crippen LogP contribution in [0.4, 0.5) is 0 Å². The van der Waals surface area contributed by atoms with E-state index in [1.54, 1.807) is 6.20 Å². The van der Waals surface area contributed by atoms with Crippen molar-refractivity contribution in [3.05, 3.63) is 53.7 Å². The van der Waals surface area contributed by atoms with Crippen molar-refractivity contribution in [1.29, 1.82) is 0 Å². The number of rotatable bonds is 5. The van der Waals surface area contributed by atoms with Crippen molar-refractivity contribution >= 4 is 11.8 Å². The summed E-state index contributed by atoms with van der Waals surface area (Å²) < 4.78 is 5.80. The van der Waals surface area contributed by atoms with Crippen molar-refractivity contribution in [2.24, 2.45) is 0 Å². The zero-order chi connectivity index (χ0) is 18.9. The Bertz CT molecular complexity index is 792. The van der Waals surface area contributed by atoms with Crippen molar-refractivity contribution in [2.75, 3.05) is 7.05 Å². The smallest absolute Gasteiger partial charge is 0.247 e. The van der Waals surface area contributed by atoms with Crippen molar-refractivity contribution in [3.8, 4) is 0 Å². The highest BCUT2D eigenvalue weighted by atomic mass is 16.4. The van der Waals surface area contributed by atoms with E-state index in [4.69, 9.17) is 4.42 Å². The summed E-state index contributed by atoms with van der Waals surface area (Å²) in [4.78, 5) is 32.5. The zero-order valence-electron chi connectivity index (χ0n) is 15.7. The lowest BCUT2D eigenvalue weighted by molar-refractivity contribution is -0.140. The fourth-order valence-electron chi connectivity index (χ4n) is 3.00. The molecule has 1 aromatic carbocycles. The Morgan fingerprint density at radius 1 is 1.23 bits per heavy atom. The standard InChI is InChI=1S/C20H25N3O3/c1-20(2,3)16-11-21-17(26-16)13-22(4)15-10-18(24)23(19(15)25)12-14-8-6-5-7-9-14/h5-9,11,15H,10,12-13H2,1-4H3/t15-/m0/s1. The summed E-state index contributed by atoms with van der Waals surface area (Å²) >= 11 is 0. The third-order valence-electron chi connectivity index (χ3n) is 4.61. The molecule has 2 amide bonds. The fourth-order valence-corrected chi connectivity index (χ4v) is 3.00. The first-order valence-electron chi connectivity index (χ1n) is 8.79. The van der Waals surface area contributed by atoms with Gasteiger partial charge in [-0.3, -0.25) is 19.4 Å². The van der Waals surface area contributed by atoms with Crippen molar-refractivity contribution in [1.82, 2.24) is 14.8 Å². The Labute approximate surface area is 153 Å². The minimum absolute atomic E-state index is 0.116. The van der Waals surface area contributed by atoms with Gasteiger partial charge in [0, 0.05) is 5.41 Å². The van der Waals surface area contributed by atoms with Gasteiger partial charge in [-0.05, 0) is 12.6 Å². The first kappa shape index (κ1) is 18.3. The van der Waals surface area contributed by atoms with Gasteiger partial charge in [-0.1, -0.05) is 51.1 Å². The SMILES string of the molecule is CN(Cc1ncc(C(C)(C)C)o1)[C@H]1CC(=O)N(Cc2ccccc2)C1=O. The second-order valence-corrected chi connectivity index (χ2v) is 7.81. The Hall–Kier alpha value is -2.47. The molecular weight excluding hydrogens is 330 g/mol. The van der Waals surface area contributed by atoms with E-state index in [1.807, 2.05) is 42.3 Å². The number of carbonyl (C=O) groups excluding carboxylic acids is 2. The van der Waals surface area contributed by atoms with Crippen molar-refractivity contribution < 1.29 is 14.0 Å². The van der Waals surface area contributed by atoms with Crippen LogP contribution in [0.15, 0.2) is 40.9 Å². The Kier molecular flexibility index (Phi) is 4.96. The van der Waals surface area contributed by atoms with E-state index in [0.29, 0.717) is 19.0 Å². The average molecular weight is 355 g/mol. The molecule has 1 saturated heterocycles. The van der Waals surface area contributed by atoms with Gasteiger partial charge in [0.25, 0.3) is 0 Å². The van der Waals surface area contributed by atoms with Gasteiger partial charge >= 0.3 is 0 Å². The number of likely N-dealkylation sites (N-methyl/N-ethyl adjacent to an activating group) is 1. The summed E-state index contributed by atoms with van der Waals surface area (Å²) in [6.45, 7) is 6.87. The number of amides is 2. The number of hydrogen-bond donors (Lipinski definition) is 0. The second kappa shape index (κ2) is 7.03. The topological polar surface area (TPSA) is 66.7 Å². The summed E-state index contributed by atoms with van der Waals surface area (Å²) in [6, 6.07) is 9.07. The van der Waals surface area contributed by atoms with Gasteiger partial charge in [-0.15, -0.1) is 0 Å². The summed E-state index contributed by atoms with van der Waals surface area (Å²) in [6.07, 6.45) is 1.92. The van der Waals surface area contributed by atoms with Gasteiger partial charge < -0.3 is 4.42 Å². The van der Waals surface area contributed by atoms with Gasteiger partial charge in [0.1, 0.15) is 5.76 Å². The lowest BCUT2D eigenvalue weighted by Crippen LogP contribution is -2.39. The molecule has 0 aliphatic carbocycles. The molecule has 2 heterocycles. The minimum atomic E-state index is -0.476. The molecule has 6 nitrogen and oxygen atoms in total. The molecule has 0 unspecified atom stereocenters. The lowest BCUT2D eigenvalue weighted by atomic mass is 9.94. The maximum atomic E-state index is 12.7. The molecule has 26 heavy (non-hydrogen) atoms. The summed E-state index contributed by atoms with van der Waals surface area (Å²) in [5.74, 6) is 1.06. The first-order valence-corrected chi connectivity index (χ1v) is 8.79. The van der Waals surface area contributed by atoms with Crippen LogP contribution in [0.3, 0.4) is 0 Å². The van der Waals surface area contributed by atoms with E-state index < -0.39 is 6.04 Å². The van der Waals surface area contributed by atoms with Crippen LogP contribution in [-0.2, 0) is 28.1 Å². The van der Waals surface area contributed by atoms with Gasteiger partial charge in [0.15, 0.2) is 0 Å². The Morgan fingerprint density at radius 3 is 2.54 bits per heavy atom. The number of likely N-dealkylation sites (tertiary alicyclic amines) is 1. The van der Waals surface area contributed by atoms with Crippen molar-refractivity contribution in [3.63, 3.8) is 0 Å². The van der Waals surface area contributed by atoms with Gasteiger partial charge in [0.2, 0.25) is 17.7 Å². The summed E-state index contributed by atoms with van der Waals surface area (Å²) in [5.41, 5.74) is 0.829. The normalized spacial score (nSPS) is 18.2. The third kappa shape index (κ3) is 3.85. The van der Waals surface area contributed by atoms with Gasteiger partial charge in [0.05, 0.1) is 31.7 Å². The van der Waals surface area contributed by atoms with Crippen LogP contribution >= 0.6 is 0 Å². The van der Waals surface area contributed by atoms with Crippen LogP contribution in [0.25, 0.3) is 0 Å². The van der Waals surface area contributed by atoms with Crippen LogP contribution in [0.1, 0.15) is 44.4 Å². The molecule has 3 rings (SSSR count). The molecule has 1 aromatic heterocycles. The van der Waals surface area contributed by atoms with Crippen molar-refractivity contribution in [2.45, 2.75) is 51.7 Å². The van der Waals surface area contributed by atoms with Crippen LogP contribution in [0.2, 0.25) is 0 Å². The number of benzene rings is 1. The summed E-state index contributed by atoms with van der Waals surface area (Å²) in [5, 5.41) is 0. The van der Waals surface area contributed by atoms with E-state index in [9.17, 15) is 9.59 Å². The van der Waals surface area contributed by atoms with E-state index in [0.717, 1.165) is 11.3 Å². The zero-order valence-corrected chi connectivity index (χ0v) is 15.7. The maximum absolute atomic E-state index is 12.7. The van der Waals surface area contributed by atoms with E-state index >= 15 is 0 Å². The molecule has 0 spiro atoms. The minimum Gasteiger partial charge on any atom is -0.444 e. The summed E-state index contributed by atoms with van der Waals surface area (Å²) in [7, 11) is 1.82. The fraction of sp³-hybridized carbons (Fsp3) is 0.450. The molecule has 0 radical (unpaired) electrons. The van der Waals surface area contributed by atoms with Crippen LogP contribution in [0.5, 0.6) is 0 Å². The first-order chi connectivity index (χ1) is 12.3. The van der Waals surface area contributed by atoms with E-state index in [1.165, 1.54) is 4.90 Å². The van der Waals surface area contributed by atoms with Crippen LogP contribution in [0, 0.1) is 0 Å². The highest BCUT2D eigenvalue weighted by molar-refractivity contribution is 6.05. The third-order valence-corrected chi connectivity index (χ3v) is 4.61. The molecule has 1 aliphatic rings. The molecule has 1 aliphatic heterocycles.